The van der Waals surface area contributed by atoms with Crippen LogP contribution in [0.4, 0.5) is 0 Å². The third-order valence-corrected chi connectivity index (χ3v) is 3.27. The third kappa shape index (κ3) is 3.84. The molecule has 0 bridgehead atoms. The molecular formula is C15H20O3. The topological polar surface area (TPSA) is 35.5 Å². The molecule has 3 nitrogen and oxygen atoms in total. The lowest BCUT2D eigenvalue weighted by atomic mass is 9.94. The molecule has 1 saturated carbocycles. The Bertz CT molecular complexity index is 375. The Hall–Kier alpha value is -1.35. The van der Waals surface area contributed by atoms with Crippen molar-refractivity contribution in [1.29, 1.82) is 0 Å². The summed E-state index contributed by atoms with van der Waals surface area (Å²) in [5, 5.41) is 0. The van der Waals surface area contributed by atoms with Crippen LogP contribution in [0.1, 0.15) is 38.2 Å². The zero-order chi connectivity index (χ0) is 12.8. The maximum atomic E-state index is 11.1. The molecule has 1 aromatic carbocycles. The molecule has 98 valence electrons. The molecule has 1 aliphatic rings. The summed E-state index contributed by atoms with van der Waals surface area (Å²) >= 11 is 0. The van der Waals surface area contributed by atoms with Gasteiger partial charge in [0, 0.05) is 6.92 Å². The van der Waals surface area contributed by atoms with Crippen molar-refractivity contribution in [3.05, 3.63) is 35.9 Å². The van der Waals surface area contributed by atoms with Gasteiger partial charge in [0.1, 0.15) is 6.10 Å². The van der Waals surface area contributed by atoms with Crippen molar-refractivity contribution in [1.82, 2.24) is 0 Å². The smallest absolute Gasteiger partial charge is 0.302 e. The average molecular weight is 248 g/mol. The van der Waals surface area contributed by atoms with Crippen LogP contribution in [0, 0.1) is 0 Å². The molecule has 0 amide bonds. The average Bonchev–Trinajstić information content (AvgIpc) is 2.38. The van der Waals surface area contributed by atoms with Crippen LogP contribution in [0.15, 0.2) is 30.3 Å². The Morgan fingerprint density at radius 3 is 2.50 bits per heavy atom. The van der Waals surface area contributed by atoms with Gasteiger partial charge in [0.25, 0.3) is 0 Å². The predicted octanol–water partition coefficient (Wildman–Crippen LogP) is 3.08. The minimum atomic E-state index is -0.213. The fraction of sp³-hybridized carbons (Fsp3) is 0.533. The lowest BCUT2D eigenvalue weighted by molar-refractivity contribution is -0.159. The van der Waals surface area contributed by atoms with E-state index in [1.54, 1.807) is 0 Å². The first kappa shape index (κ1) is 13.1. The predicted molar refractivity (Wildman–Crippen MR) is 69.0 cm³/mol. The summed E-state index contributed by atoms with van der Waals surface area (Å²) in [6.07, 6.45) is 4.13. The van der Waals surface area contributed by atoms with Gasteiger partial charge in [-0.05, 0) is 24.8 Å². The van der Waals surface area contributed by atoms with E-state index in [1.807, 2.05) is 30.3 Å². The monoisotopic (exact) mass is 248 g/mol. The summed E-state index contributed by atoms with van der Waals surface area (Å²) in [5.41, 5.74) is 1.16. The van der Waals surface area contributed by atoms with Crippen LogP contribution in [-0.2, 0) is 20.9 Å². The maximum absolute atomic E-state index is 11.1. The third-order valence-electron chi connectivity index (χ3n) is 3.27. The standard InChI is InChI=1S/C15H20O3/c1-12(16)18-15-10-6-5-9-14(15)17-11-13-7-3-2-4-8-13/h2-4,7-8,14-15H,5-6,9-11H2,1H3/t14-,15-/m1/s1. The van der Waals surface area contributed by atoms with Gasteiger partial charge in [-0.2, -0.15) is 0 Å². The first-order valence-corrected chi connectivity index (χ1v) is 6.58. The Morgan fingerprint density at radius 2 is 1.83 bits per heavy atom. The SMILES string of the molecule is CC(=O)O[C@@H]1CCCC[C@H]1OCc1ccccc1. The number of ether oxygens (including phenoxy) is 2. The van der Waals surface area contributed by atoms with Crippen molar-refractivity contribution in [2.45, 2.75) is 51.4 Å². The number of hydrogen-bond donors (Lipinski definition) is 0. The summed E-state index contributed by atoms with van der Waals surface area (Å²) in [4.78, 5) is 11.1. The highest BCUT2D eigenvalue weighted by molar-refractivity contribution is 5.66. The summed E-state index contributed by atoms with van der Waals surface area (Å²) in [7, 11) is 0. The van der Waals surface area contributed by atoms with E-state index >= 15 is 0 Å². The van der Waals surface area contributed by atoms with Crippen LogP contribution in [0.2, 0.25) is 0 Å². The van der Waals surface area contributed by atoms with E-state index in [0.29, 0.717) is 6.61 Å². The van der Waals surface area contributed by atoms with Gasteiger partial charge in [-0.3, -0.25) is 4.79 Å². The Balaban J connectivity index is 1.87. The van der Waals surface area contributed by atoms with Gasteiger partial charge in [0.15, 0.2) is 0 Å². The summed E-state index contributed by atoms with van der Waals surface area (Å²) in [6.45, 7) is 2.05. The molecule has 0 saturated heterocycles. The van der Waals surface area contributed by atoms with E-state index in [-0.39, 0.29) is 18.2 Å². The number of carbonyl (C=O) groups excluding carboxylic acids is 1. The molecule has 3 heteroatoms. The van der Waals surface area contributed by atoms with Crippen LogP contribution in [-0.4, -0.2) is 18.2 Å². The number of rotatable bonds is 4. The molecular weight excluding hydrogens is 228 g/mol. The minimum absolute atomic E-state index is 0.0443. The highest BCUT2D eigenvalue weighted by Crippen LogP contribution is 2.24. The highest BCUT2D eigenvalue weighted by atomic mass is 16.6. The zero-order valence-electron chi connectivity index (χ0n) is 10.8. The van der Waals surface area contributed by atoms with Crippen molar-refractivity contribution >= 4 is 5.97 Å². The van der Waals surface area contributed by atoms with E-state index in [1.165, 1.54) is 6.92 Å². The quantitative estimate of drug-likeness (QED) is 0.768. The first-order valence-electron chi connectivity index (χ1n) is 6.58. The molecule has 0 spiro atoms. The summed E-state index contributed by atoms with van der Waals surface area (Å²) in [5.74, 6) is -0.213. The van der Waals surface area contributed by atoms with Crippen molar-refractivity contribution in [2.24, 2.45) is 0 Å². The van der Waals surface area contributed by atoms with Crippen LogP contribution in [0.25, 0.3) is 0 Å². The fourth-order valence-electron chi connectivity index (χ4n) is 2.38. The van der Waals surface area contributed by atoms with Crippen LogP contribution >= 0.6 is 0 Å². The Kier molecular flexibility index (Phi) is 4.76. The van der Waals surface area contributed by atoms with Crippen LogP contribution in [0.5, 0.6) is 0 Å². The number of benzene rings is 1. The van der Waals surface area contributed by atoms with Gasteiger partial charge in [-0.25, -0.2) is 0 Å². The van der Waals surface area contributed by atoms with Crippen LogP contribution < -0.4 is 0 Å². The molecule has 0 N–H and O–H groups in total. The molecule has 1 fully saturated rings. The lowest BCUT2D eigenvalue weighted by Gasteiger charge is -2.30. The van der Waals surface area contributed by atoms with Crippen molar-refractivity contribution < 1.29 is 14.3 Å². The van der Waals surface area contributed by atoms with Crippen molar-refractivity contribution in [3.8, 4) is 0 Å². The second kappa shape index (κ2) is 6.55. The molecule has 18 heavy (non-hydrogen) atoms. The van der Waals surface area contributed by atoms with Gasteiger partial charge in [-0.15, -0.1) is 0 Å². The molecule has 2 rings (SSSR count). The van der Waals surface area contributed by atoms with Crippen molar-refractivity contribution in [3.63, 3.8) is 0 Å². The van der Waals surface area contributed by atoms with Gasteiger partial charge < -0.3 is 9.47 Å². The van der Waals surface area contributed by atoms with Gasteiger partial charge >= 0.3 is 5.97 Å². The van der Waals surface area contributed by atoms with Crippen molar-refractivity contribution in [2.75, 3.05) is 0 Å². The molecule has 1 aromatic rings. The second-order valence-electron chi connectivity index (χ2n) is 4.77. The number of carbonyl (C=O) groups is 1. The van der Waals surface area contributed by atoms with Gasteiger partial charge in [0.05, 0.1) is 12.7 Å². The number of hydrogen-bond acceptors (Lipinski definition) is 3. The first-order chi connectivity index (χ1) is 8.75. The van der Waals surface area contributed by atoms with E-state index in [2.05, 4.69) is 0 Å². The van der Waals surface area contributed by atoms with E-state index < -0.39 is 0 Å². The van der Waals surface area contributed by atoms with E-state index in [9.17, 15) is 4.79 Å². The maximum Gasteiger partial charge on any atom is 0.302 e. The molecule has 0 unspecified atom stereocenters. The molecule has 0 radical (unpaired) electrons. The Morgan fingerprint density at radius 1 is 1.17 bits per heavy atom. The largest absolute Gasteiger partial charge is 0.460 e. The Labute approximate surface area is 108 Å². The number of esters is 1. The minimum Gasteiger partial charge on any atom is -0.460 e. The second-order valence-corrected chi connectivity index (χ2v) is 4.77. The molecule has 0 heterocycles. The molecule has 0 aromatic heterocycles. The highest BCUT2D eigenvalue weighted by Gasteiger charge is 2.28. The molecule has 1 aliphatic carbocycles. The summed E-state index contributed by atoms with van der Waals surface area (Å²) < 4.78 is 11.2. The van der Waals surface area contributed by atoms with Gasteiger partial charge in [0.2, 0.25) is 0 Å². The van der Waals surface area contributed by atoms with E-state index in [4.69, 9.17) is 9.47 Å². The zero-order valence-corrected chi connectivity index (χ0v) is 10.8. The van der Waals surface area contributed by atoms with Crippen LogP contribution in [0.3, 0.4) is 0 Å². The van der Waals surface area contributed by atoms with E-state index in [0.717, 1.165) is 31.2 Å². The summed E-state index contributed by atoms with van der Waals surface area (Å²) in [6, 6.07) is 10.1. The molecule has 2 atom stereocenters. The normalized spacial score (nSPS) is 23.6. The van der Waals surface area contributed by atoms with Gasteiger partial charge in [-0.1, -0.05) is 36.8 Å². The fourth-order valence-corrected chi connectivity index (χ4v) is 2.38. The molecule has 0 aliphatic heterocycles. The lowest BCUT2D eigenvalue weighted by Crippen LogP contribution is -2.35.